The van der Waals surface area contributed by atoms with Gasteiger partial charge in [0.1, 0.15) is 0 Å². The smallest absolute Gasteiger partial charge is 0.330 e. The molecule has 1 atom stereocenters. The number of hydrogen-bond acceptors (Lipinski definition) is 3. The minimum Gasteiger partial charge on any atom is -0.479 e. The van der Waals surface area contributed by atoms with Crippen molar-refractivity contribution in [1.82, 2.24) is 10.6 Å². The lowest BCUT2D eigenvalue weighted by Crippen LogP contribution is -2.42. The average molecular weight is 294 g/mol. The molecule has 1 aromatic rings. The van der Waals surface area contributed by atoms with E-state index in [-0.39, 0.29) is 0 Å². The summed E-state index contributed by atoms with van der Waals surface area (Å²) in [5.74, 6) is -0.666. The molecule has 0 aliphatic heterocycles. The van der Waals surface area contributed by atoms with E-state index >= 15 is 0 Å². The quantitative estimate of drug-likeness (QED) is 0.638. The number of carboxylic acids is 1. The summed E-state index contributed by atoms with van der Waals surface area (Å²) in [5, 5.41) is 14.2. The van der Waals surface area contributed by atoms with Gasteiger partial charge in [-0.25, -0.2) is 9.59 Å². The van der Waals surface area contributed by atoms with Gasteiger partial charge in [0.15, 0.2) is 6.04 Å². The first-order valence-corrected chi connectivity index (χ1v) is 6.90. The van der Waals surface area contributed by atoms with Crippen LogP contribution in [0.4, 0.5) is 4.79 Å². The molecule has 0 saturated carbocycles. The van der Waals surface area contributed by atoms with Crippen molar-refractivity contribution in [3.8, 4) is 0 Å². The van der Waals surface area contributed by atoms with Gasteiger partial charge in [-0.15, -0.1) is 0 Å². The lowest BCUT2D eigenvalue weighted by molar-refractivity contribution is -0.139. The minimum absolute atomic E-state index is 0.333. The van der Waals surface area contributed by atoms with Crippen LogP contribution in [0.5, 0.6) is 0 Å². The number of carbonyl (C=O) groups is 2. The van der Waals surface area contributed by atoms with E-state index in [1.54, 1.807) is 30.3 Å². The van der Waals surface area contributed by atoms with Crippen molar-refractivity contribution in [3.05, 3.63) is 35.9 Å². The molecular formula is C15H22N2O4. The van der Waals surface area contributed by atoms with Gasteiger partial charge in [0, 0.05) is 13.2 Å². The number of benzene rings is 1. The second kappa shape index (κ2) is 8.97. The minimum atomic E-state index is -1.10. The molecule has 0 aliphatic rings. The Bertz CT molecular complexity index is 448. The molecule has 0 aromatic heterocycles. The van der Waals surface area contributed by atoms with E-state index in [1.807, 2.05) is 13.8 Å². The van der Waals surface area contributed by atoms with E-state index in [9.17, 15) is 14.7 Å². The first kappa shape index (κ1) is 17.0. The van der Waals surface area contributed by atoms with Crippen LogP contribution in [0, 0.1) is 5.92 Å². The summed E-state index contributed by atoms with van der Waals surface area (Å²) in [7, 11) is 0. The van der Waals surface area contributed by atoms with Crippen molar-refractivity contribution in [2.24, 2.45) is 5.92 Å². The third-order valence-electron chi connectivity index (χ3n) is 2.64. The molecule has 0 saturated heterocycles. The highest BCUT2D eigenvalue weighted by atomic mass is 16.5. The molecule has 1 unspecified atom stereocenters. The summed E-state index contributed by atoms with van der Waals surface area (Å²) in [6.07, 6.45) is 0. The van der Waals surface area contributed by atoms with Crippen molar-refractivity contribution in [3.63, 3.8) is 0 Å². The van der Waals surface area contributed by atoms with Gasteiger partial charge in [-0.1, -0.05) is 44.2 Å². The van der Waals surface area contributed by atoms with Crippen LogP contribution in [-0.2, 0) is 9.53 Å². The number of carbonyl (C=O) groups excluding carboxylic acids is 1. The normalized spacial score (nSPS) is 12.0. The van der Waals surface area contributed by atoms with Gasteiger partial charge in [-0.3, -0.25) is 0 Å². The molecule has 0 spiro atoms. The maximum Gasteiger partial charge on any atom is 0.330 e. The second-order valence-electron chi connectivity index (χ2n) is 5.05. The largest absolute Gasteiger partial charge is 0.479 e. The highest BCUT2D eigenvalue weighted by molar-refractivity contribution is 5.83. The molecule has 1 aromatic carbocycles. The standard InChI is InChI=1S/C15H22N2O4/c1-11(2)10-21-9-8-16-15(20)17-13(14(18)19)12-6-4-3-5-7-12/h3-7,11,13H,8-10H2,1-2H3,(H,18,19)(H2,16,17,20). The number of nitrogens with one attached hydrogen (secondary N) is 2. The van der Waals surface area contributed by atoms with Gasteiger partial charge in [-0.2, -0.15) is 0 Å². The van der Waals surface area contributed by atoms with Crippen LogP contribution in [-0.4, -0.2) is 36.9 Å². The maximum absolute atomic E-state index is 11.7. The fourth-order valence-electron chi connectivity index (χ4n) is 1.67. The van der Waals surface area contributed by atoms with Crippen LogP contribution in [0.15, 0.2) is 30.3 Å². The molecule has 0 aliphatic carbocycles. The molecule has 116 valence electrons. The predicted octanol–water partition coefficient (Wildman–Crippen LogP) is 1.78. The van der Waals surface area contributed by atoms with E-state index in [1.165, 1.54) is 0 Å². The Morgan fingerprint density at radius 1 is 1.24 bits per heavy atom. The molecule has 3 N–H and O–H groups in total. The SMILES string of the molecule is CC(C)COCCNC(=O)NC(C(=O)O)c1ccccc1. The van der Waals surface area contributed by atoms with Gasteiger partial charge in [-0.05, 0) is 11.5 Å². The number of carboxylic acid groups (broad SMARTS) is 1. The third-order valence-corrected chi connectivity index (χ3v) is 2.64. The molecular weight excluding hydrogens is 272 g/mol. The average Bonchev–Trinajstić information content (AvgIpc) is 2.44. The van der Waals surface area contributed by atoms with Crippen LogP contribution in [0.1, 0.15) is 25.5 Å². The number of amides is 2. The molecule has 0 bridgehead atoms. The van der Waals surface area contributed by atoms with E-state index in [0.717, 1.165) is 0 Å². The summed E-state index contributed by atoms with van der Waals surface area (Å²) in [6.45, 7) is 5.44. The van der Waals surface area contributed by atoms with Gasteiger partial charge in [0.2, 0.25) is 0 Å². The Morgan fingerprint density at radius 2 is 1.90 bits per heavy atom. The molecule has 6 nitrogen and oxygen atoms in total. The van der Waals surface area contributed by atoms with Gasteiger partial charge in [0.25, 0.3) is 0 Å². The van der Waals surface area contributed by atoms with Gasteiger partial charge in [0.05, 0.1) is 6.61 Å². The van der Waals surface area contributed by atoms with Crippen LogP contribution < -0.4 is 10.6 Å². The molecule has 1 rings (SSSR count). The molecule has 6 heteroatoms. The number of urea groups is 1. The topological polar surface area (TPSA) is 87.7 Å². The van der Waals surface area contributed by atoms with Gasteiger partial charge >= 0.3 is 12.0 Å². The zero-order valence-corrected chi connectivity index (χ0v) is 12.3. The Labute approximate surface area is 124 Å². The van der Waals surface area contributed by atoms with E-state index < -0.39 is 18.0 Å². The monoisotopic (exact) mass is 294 g/mol. The van der Waals surface area contributed by atoms with Crippen LogP contribution in [0.2, 0.25) is 0 Å². The second-order valence-corrected chi connectivity index (χ2v) is 5.05. The van der Waals surface area contributed by atoms with E-state index in [0.29, 0.717) is 31.2 Å². The van der Waals surface area contributed by atoms with Crippen LogP contribution in [0.25, 0.3) is 0 Å². The predicted molar refractivity (Wildman–Crippen MR) is 79.0 cm³/mol. The first-order chi connectivity index (χ1) is 10.0. The molecule has 0 fully saturated rings. The lowest BCUT2D eigenvalue weighted by atomic mass is 10.1. The van der Waals surface area contributed by atoms with Crippen molar-refractivity contribution in [2.75, 3.05) is 19.8 Å². The zero-order chi connectivity index (χ0) is 15.7. The lowest BCUT2D eigenvalue weighted by Gasteiger charge is -2.15. The summed E-state index contributed by atoms with van der Waals surface area (Å²) in [6, 6.07) is 6.96. The van der Waals surface area contributed by atoms with Crippen LogP contribution in [0.3, 0.4) is 0 Å². The van der Waals surface area contributed by atoms with Crippen molar-refractivity contribution < 1.29 is 19.4 Å². The Hall–Kier alpha value is -2.08. The van der Waals surface area contributed by atoms with Crippen LogP contribution >= 0.6 is 0 Å². The number of rotatable bonds is 8. The van der Waals surface area contributed by atoms with E-state index in [4.69, 9.17) is 4.74 Å². The van der Waals surface area contributed by atoms with Crippen molar-refractivity contribution in [2.45, 2.75) is 19.9 Å². The van der Waals surface area contributed by atoms with Crippen molar-refractivity contribution in [1.29, 1.82) is 0 Å². The van der Waals surface area contributed by atoms with Crippen molar-refractivity contribution >= 4 is 12.0 Å². The number of aliphatic carboxylic acids is 1. The number of hydrogen-bond donors (Lipinski definition) is 3. The fraction of sp³-hybridized carbons (Fsp3) is 0.467. The Morgan fingerprint density at radius 3 is 2.48 bits per heavy atom. The highest BCUT2D eigenvalue weighted by Gasteiger charge is 2.21. The fourth-order valence-corrected chi connectivity index (χ4v) is 1.67. The summed E-state index contributed by atoms with van der Waals surface area (Å²) < 4.78 is 5.32. The molecule has 0 radical (unpaired) electrons. The Balaban J connectivity index is 2.39. The van der Waals surface area contributed by atoms with Gasteiger partial charge < -0.3 is 20.5 Å². The zero-order valence-electron chi connectivity index (χ0n) is 12.3. The first-order valence-electron chi connectivity index (χ1n) is 6.90. The highest BCUT2D eigenvalue weighted by Crippen LogP contribution is 2.12. The third kappa shape index (κ3) is 6.76. The molecule has 21 heavy (non-hydrogen) atoms. The Kier molecular flexibility index (Phi) is 7.25. The van der Waals surface area contributed by atoms with E-state index in [2.05, 4.69) is 10.6 Å². The molecule has 0 heterocycles. The summed E-state index contributed by atoms with van der Waals surface area (Å²) in [5.41, 5.74) is 0.524. The maximum atomic E-state index is 11.7. The number of ether oxygens (including phenoxy) is 1. The summed E-state index contributed by atoms with van der Waals surface area (Å²) in [4.78, 5) is 22.9. The molecule has 2 amide bonds. The summed E-state index contributed by atoms with van der Waals surface area (Å²) >= 11 is 0.